The third-order valence-electron chi connectivity index (χ3n) is 2.86. The molecule has 0 radical (unpaired) electrons. The van der Waals surface area contributed by atoms with Gasteiger partial charge in [0.05, 0.1) is 5.52 Å². The van der Waals surface area contributed by atoms with Gasteiger partial charge in [-0.2, -0.15) is 0 Å². The Hall–Kier alpha value is -1.59. The first kappa shape index (κ1) is 12.9. The minimum Gasteiger partial charge on any atom is -0.476 e. The monoisotopic (exact) mass is 267 g/mol. The van der Waals surface area contributed by atoms with Gasteiger partial charge in [-0.15, -0.1) is 0 Å². The smallest absolute Gasteiger partial charge is 0.356 e. The van der Waals surface area contributed by atoms with Gasteiger partial charge >= 0.3 is 5.97 Å². The van der Waals surface area contributed by atoms with Crippen LogP contribution in [-0.4, -0.2) is 33.6 Å². The fraction of sp³-hybridized carbons (Fsp3) is 0.333. The second-order valence-electron chi connectivity index (χ2n) is 4.18. The van der Waals surface area contributed by atoms with E-state index in [1.165, 1.54) is 0 Å². The molecule has 2 heterocycles. The normalized spacial score (nSPS) is 12.8. The second kappa shape index (κ2) is 4.96. The largest absolute Gasteiger partial charge is 0.476 e. The predicted octanol–water partition coefficient (Wildman–Crippen LogP) is 1.84. The number of carboxylic acid groups (broad SMARTS) is 1. The molecule has 0 saturated heterocycles. The number of imidazole rings is 1. The minimum absolute atomic E-state index is 0.0378. The maximum Gasteiger partial charge on any atom is 0.356 e. The Morgan fingerprint density at radius 2 is 2.39 bits per heavy atom. The Morgan fingerprint density at radius 3 is 3.00 bits per heavy atom. The number of likely N-dealkylation sites (N-methyl/N-ethyl adjacent to an activating group) is 1. The summed E-state index contributed by atoms with van der Waals surface area (Å²) >= 11 is 5.89. The summed E-state index contributed by atoms with van der Waals surface area (Å²) in [6.07, 6.45) is 2.39. The van der Waals surface area contributed by atoms with E-state index in [-0.39, 0.29) is 11.7 Å². The summed E-state index contributed by atoms with van der Waals surface area (Å²) < 4.78 is 1.77. The summed E-state index contributed by atoms with van der Waals surface area (Å²) in [5, 5.41) is 12.7. The van der Waals surface area contributed by atoms with Gasteiger partial charge in [-0.25, -0.2) is 9.78 Å². The van der Waals surface area contributed by atoms with Crippen molar-refractivity contribution < 1.29 is 9.90 Å². The maximum atomic E-state index is 11.2. The Labute approximate surface area is 109 Å². The summed E-state index contributed by atoms with van der Waals surface area (Å²) in [7, 11) is 1.86. The molecule has 0 aliphatic rings. The Bertz CT molecular complexity index is 594. The van der Waals surface area contributed by atoms with Crippen molar-refractivity contribution in [2.24, 2.45) is 0 Å². The van der Waals surface area contributed by atoms with E-state index in [9.17, 15) is 4.79 Å². The van der Waals surface area contributed by atoms with Gasteiger partial charge in [-0.1, -0.05) is 11.6 Å². The first-order valence-electron chi connectivity index (χ1n) is 5.60. The van der Waals surface area contributed by atoms with Crippen molar-refractivity contribution in [2.45, 2.75) is 19.4 Å². The van der Waals surface area contributed by atoms with Crippen molar-refractivity contribution in [1.29, 1.82) is 0 Å². The molecule has 96 valence electrons. The van der Waals surface area contributed by atoms with Crippen LogP contribution in [0.15, 0.2) is 18.3 Å². The molecule has 0 bridgehead atoms. The molecule has 1 atom stereocenters. The lowest BCUT2D eigenvalue weighted by Gasteiger charge is -2.08. The van der Waals surface area contributed by atoms with E-state index in [2.05, 4.69) is 10.3 Å². The summed E-state index contributed by atoms with van der Waals surface area (Å²) in [6, 6.07) is 3.55. The molecule has 6 heteroatoms. The number of carboxylic acids is 1. The van der Waals surface area contributed by atoms with E-state index in [4.69, 9.17) is 16.7 Å². The lowest BCUT2D eigenvalue weighted by Crippen LogP contribution is -2.24. The molecule has 2 aromatic rings. The minimum atomic E-state index is -1.04. The van der Waals surface area contributed by atoms with Crippen LogP contribution in [0.2, 0.25) is 5.02 Å². The Morgan fingerprint density at radius 1 is 1.67 bits per heavy atom. The number of nitrogens with one attached hydrogen (secondary N) is 1. The zero-order valence-corrected chi connectivity index (χ0v) is 10.9. The topological polar surface area (TPSA) is 66.6 Å². The lowest BCUT2D eigenvalue weighted by molar-refractivity contribution is 0.0693. The number of carbonyl (C=O) groups is 1. The number of pyridine rings is 1. The van der Waals surface area contributed by atoms with Crippen LogP contribution in [-0.2, 0) is 6.42 Å². The van der Waals surface area contributed by atoms with Crippen LogP contribution in [0.5, 0.6) is 0 Å². The molecule has 2 aromatic heterocycles. The molecule has 2 N–H and O–H groups in total. The fourth-order valence-electron chi connectivity index (χ4n) is 1.80. The zero-order valence-electron chi connectivity index (χ0n) is 10.1. The number of hydrogen-bond acceptors (Lipinski definition) is 3. The van der Waals surface area contributed by atoms with E-state index in [0.29, 0.717) is 22.8 Å². The third kappa shape index (κ3) is 2.32. The molecule has 18 heavy (non-hydrogen) atoms. The first-order valence-corrected chi connectivity index (χ1v) is 5.97. The van der Waals surface area contributed by atoms with Gasteiger partial charge in [0.25, 0.3) is 0 Å². The van der Waals surface area contributed by atoms with Crippen LogP contribution < -0.4 is 5.32 Å². The van der Waals surface area contributed by atoms with Crippen molar-refractivity contribution in [1.82, 2.24) is 14.7 Å². The molecule has 0 fully saturated rings. The van der Waals surface area contributed by atoms with Crippen molar-refractivity contribution in [3.05, 3.63) is 34.9 Å². The highest BCUT2D eigenvalue weighted by atomic mass is 35.5. The summed E-state index contributed by atoms with van der Waals surface area (Å²) in [6.45, 7) is 2.01. The summed E-state index contributed by atoms with van der Waals surface area (Å²) in [5.41, 5.74) is 0.559. The first-order chi connectivity index (χ1) is 8.52. The van der Waals surface area contributed by atoms with Gasteiger partial charge in [0.2, 0.25) is 0 Å². The van der Waals surface area contributed by atoms with Gasteiger partial charge in [-0.05, 0) is 26.1 Å². The van der Waals surface area contributed by atoms with Gasteiger partial charge in [0.15, 0.2) is 5.69 Å². The number of nitrogens with zero attached hydrogens (tertiary/aromatic N) is 2. The number of rotatable bonds is 4. The van der Waals surface area contributed by atoms with Crippen molar-refractivity contribution in [2.75, 3.05) is 7.05 Å². The molecule has 5 nitrogen and oxygen atoms in total. The summed E-state index contributed by atoms with van der Waals surface area (Å²) in [4.78, 5) is 15.3. The highest BCUT2D eigenvalue weighted by molar-refractivity contribution is 6.31. The average Bonchev–Trinajstić information content (AvgIpc) is 2.67. The van der Waals surface area contributed by atoms with Gasteiger partial charge in [-0.3, -0.25) is 0 Å². The van der Waals surface area contributed by atoms with Gasteiger partial charge in [0, 0.05) is 23.7 Å². The number of aromatic nitrogens is 2. The molecular weight excluding hydrogens is 254 g/mol. The molecule has 0 amide bonds. The van der Waals surface area contributed by atoms with Gasteiger partial charge < -0.3 is 14.8 Å². The molecule has 1 unspecified atom stereocenters. The molecule has 0 spiro atoms. The zero-order chi connectivity index (χ0) is 13.3. The highest BCUT2D eigenvalue weighted by Crippen LogP contribution is 2.19. The van der Waals surface area contributed by atoms with Crippen molar-refractivity contribution in [3.63, 3.8) is 0 Å². The fourth-order valence-corrected chi connectivity index (χ4v) is 1.96. The standard InChI is InChI=1S/C12H14ClN3O2/c1-7(14-2)5-10-15-11(12(17)18)9-6-8(13)3-4-16(9)10/h3-4,6-7,14H,5H2,1-2H3,(H,17,18). The lowest BCUT2D eigenvalue weighted by atomic mass is 10.2. The Balaban J connectivity index is 2.57. The third-order valence-corrected chi connectivity index (χ3v) is 3.10. The average molecular weight is 268 g/mol. The Kier molecular flexibility index (Phi) is 3.54. The maximum absolute atomic E-state index is 11.2. The predicted molar refractivity (Wildman–Crippen MR) is 69.4 cm³/mol. The quantitative estimate of drug-likeness (QED) is 0.887. The van der Waals surface area contributed by atoms with E-state index in [0.717, 1.165) is 0 Å². The van der Waals surface area contributed by atoms with Gasteiger partial charge in [0.1, 0.15) is 5.82 Å². The van der Waals surface area contributed by atoms with E-state index >= 15 is 0 Å². The van der Waals surface area contributed by atoms with Crippen LogP contribution in [0, 0.1) is 0 Å². The second-order valence-corrected chi connectivity index (χ2v) is 4.61. The van der Waals surface area contributed by atoms with E-state index in [1.807, 2.05) is 14.0 Å². The molecule has 0 aromatic carbocycles. The highest BCUT2D eigenvalue weighted by Gasteiger charge is 2.17. The van der Waals surface area contributed by atoms with Crippen molar-refractivity contribution >= 4 is 23.1 Å². The number of halogens is 1. The molecule has 2 rings (SSSR count). The van der Waals surface area contributed by atoms with E-state index in [1.54, 1.807) is 22.7 Å². The number of fused-ring (bicyclic) bond motifs is 1. The molecular formula is C12H14ClN3O2. The SMILES string of the molecule is CNC(C)Cc1nc(C(=O)O)c2cc(Cl)ccn12. The van der Waals surface area contributed by atoms with Crippen LogP contribution in [0.1, 0.15) is 23.2 Å². The summed E-state index contributed by atoms with van der Waals surface area (Å²) in [5.74, 6) is -0.334. The van der Waals surface area contributed by atoms with Crippen molar-refractivity contribution in [3.8, 4) is 0 Å². The van der Waals surface area contributed by atoms with Crippen LogP contribution in [0.25, 0.3) is 5.52 Å². The molecule has 0 aliphatic carbocycles. The number of hydrogen-bond donors (Lipinski definition) is 2. The van der Waals surface area contributed by atoms with Crippen LogP contribution >= 0.6 is 11.6 Å². The molecule has 0 saturated carbocycles. The molecule has 0 aliphatic heterocycles. The van der Waals surface area contributed by atoms with E-state index < -0.39 is 5.97 Å². The van der Waals surface area contributed by atoms with Crippen LogP contribution in [0.4, 0.5) is 0 Å². The van der Waals surface area contributed by atoms with Crippen LogP contribution in [0.3, 0.4) is 0 Å². The number of aromatic carboxylic acids is 1.